The van der Waals surface area contributed by atoms with Crippen molar-refractivity contribution in [2.24, 2.45) is 0 Å². The maximum atomic E-state index is 6.02. The molecule has 5 rings (SSSR count). The number of aryl methyl sites for hydroxylation is 2. The zero-order chi connectivity index (χ0) is 20.5. The molecule has 0 saturated carbocycles. The monoisotopic (exact) mass is 418 g/mol. The van der Waals surface area contributed by atoms with Crippen LogP contribution in [0.4, 0.5) is 11.6 Å². The molecule has 0 aromatic carbocycles. The van der Waals surface area contributed by atoms with Gasteiger partial charge in [-0.1, -0.05) is 0 Å². The van der Waals surface area contributed by atoms with Crippen molar-refractivity contribution in [2.75, 3.05) is 18.4 Å². The molecule has 0 radical (unpaired) electrons. The highest BCUT2D eigenvalue weighted by molar-refractivity contribution is 7.21. The zero-order valence-corrected chi connectivity index (χ0v) is 17.7. The summed E-state index contributed by atoms with van der Waals surface area (Å²) in [5, 5.41) is 7.55. The van der Waals surface area contributed by atoms with Gasteiger partial charge in [-0.2, -0.15) is 4.98 Å². The zero-order valence-electron chi connectivity index (χ0n) is 16.8. The molecular formula is C22H22N6OS. The first-order valence-corrected chi connectivity index (χ1v) is 10.8. The minimum Gasteiger partial charge on any atom is -0.473 e. The Morgan fingerprint density at radius 1 is 1.13 bits per heavy atom. The SMILES string of the molecule is Cc1cc(Nc2cc3nc(-c4cccnc4C)sc3cn2)nc(O[C@H]2CCNC2)c1. The van der Waals surface area contributed by atoms with E-state index in [9.17, 15) is 0 Å². The summed E-state index contributed by atoms with van der Waals surface area (Å²) in [6.45, 7) is 5.88. The molecule has 1 saturated heterocycles. The van der Waals surface area contributed by atoms with Gasteiger partial charge in [0.15, 0.2) is 0 Å². The van der Waals surface area contributed by atoms with E-state index in [4.69, 9.17) is 9.72 Å². The van der Waals surface area contributed by atoms with E-state index in [0.717, 1.165) is 51.6 Å². The topological polar surface area (TPSA) is 84.9 Å². The van der Waals surface area contributed by atoms with Crippen LogP contribution in [0, 0.1) is 13.8 Å². The van der Waals surface area contributed by atoms with Crippen LogP contribution in [-0.4, -0.2) is 39.1 Å². The number of hydrogen-bond acceptors (Lipinski definition) is 8. The Bertz CT molecular complexity index is 1200. The second kappa shape index (κ2) is 7.97. The third kappa shape index (κ3) is 3.96. The highest BCUT2D eigenvalue weighted by Gasteiger charge is 2.17. The van der Waals surface area contributed by atoms with E-state index in [1.165, 1.54) is 0 Å². The molecule has 4 aromatic heterocycles. The Morgan fingerprint density at radius 2 is 2.07 bits per heavy atom. The van der Waals surface area contributed by atoms with Crippen molar-refractivity contribution >= 4 is 33.2 Å². The Balaban J connectivity index is 1.40. The largest absolute Gasteiger partial charge is 0.473 e. The lowest BCUT2D eigenvalue weighted by molar-refractivity contribution is 0.214. The lowest BCUT2D eigenvalue weighted by Gasteiger charge is -2.13. The van der Waals surface area contributed by atoms with Crippen LogP contribution in [0.2, 0.25) is 0 Å². The van der Waals surface area contributed by atoms with Crippen molar-refractivity contribution in [3.8, 4) is 16.5 Å². The van der Waals surface area contributed by atoms with Gasteiger partial charge in [0.1, 0.15) is 22.7 Å². The molecule has 1 aliphatic heterocycles. The number of thiazole rings is 1. The van der Waals surface area contributed by atoms with Gasteiger partial charge >= 0.3 is 0 Å². The van der Waals surface area contributed by atoms with Crippen LogP contribution < -0.4 is 15.4 Å². The van der Waals surface area contributed by atoms with Crippen LogP contribution in [-0.2, 0) is 0 Å². The third-order valence-corrected chi connectivity index (χ3v) is 6.06. The summed E-state index contributed by atoms with van der Waals surface area (Å²) in [4.78, 5) is 18.3. The Morgan fingerprint density at radius 3 is 2.90 bits per heavy atom. The van der Waals surface area contributed by atoms with Gasteiger partial charge in [-0.25, -0.2) is 9.97 Å². The first-order chi connectivity index (χ1) is 14.6. The second-order valence-corrected chi connectivity index (χ2v) is 8.45. The molecular weight excluding hydrogens is 396 g/mol. The molecule has 7 nitrogen and oxygen atoms in total. The van der Waals surface area contributed by atoms with Gasteiger partial charge in [0.25, 0.3) is 0 Å². The average Bonchev–Trinajstić information content (AvgIpc) is 3.37. The highest BCUT2D eigenvalue weighted by Crippen LogP contribution is 2.32. The van der Waals surface area contributed by atoms with Gasteiger partial charge in [0.2, 0.25) is 5.88 Å². The number of fused-ring (bicyclic) bond motifs is 1. The predicted molar refractivity (Wildman–Crippen MR) is 120 cm³/mol. The third-order valence-electron chi connectivity index (χ3n) is 5.02. The molecule has 5 heterocycles. The van der Waals surface area contributed by atoms with Crippen LogP contribution in [0.1, 0.15) is 17.7 Å². The summed E-state index contributed by atoms with van der Waals surface area (Å²) in [5.41, 5.74) is 4.00. The number of hydrogen-bond donors (Lipinski definition) is 2. The van der Waals surface area contributed by atoms with Crippen molar-refractivity contribution in [2.45, 2.75) is 26.4 Å². The summed E-state index contributed by atoms with van der Waals surface area (Å²) in [6, 6.07) is 9.88. The van der Waals surface area contributed by atoms with Gasteiger partial charge < -0.3 is 15.4 Å². The molecule has 4 aromatic rings. The average molecular weight is 419 g/mol. The van der Waals surface area contributed by atoms with Crippen molar-refractivity contribution in [1.82, 2.24) is 25.3 Å². The first-order valence-electron chi connectivity index (χ1n) is 9.96. The van der Waals surface area contributed by atoms with Crippen molar-refractivity contribution < 1.29 is 4.74 Å². The molecule has 0 unspecified atom stereocenters. The minimum absolute atomic E-state index is 0.172. The number of anilines is 2. The van der Waals surface area contributed by atoms with Gasteiger partial charge in [0.05, 0.1) is 10.2 Å². The van der Waals surface area contributed by atoms with E-state index in [1.807, 2.05) is 50.4 Å². The fourth-order valence-corrected chi connectivity index (χ4v) is 4.51. The lowest BCUT2D eigenvalue weighted by atomic mass is 10.2. The first kappa shape index (κ1) is 18.9. The smallest absolute Gasteiger partial charge is 0.215 e. The van der Waals surface area contributed by atoms with Crippen LogP contribution in [0.15, 0.2) is 42.7 Å². The molecule has 30 heavy (non-hydrogen) atoms. The summed E-state index contributed by atoms with van der Waals surface area (Å²) in [6.07, 6.45) is 4.82. The molecule has 0 spiro atoms. The standard InChI is InChI=1S/C22H22N6OS/c1-13-8-20(28-21(9-13)29-15-5-7-23-11-15)27-19-10-17-18(12-25-19)30-22(26-17)16-4-3-6-24-14(16)2/h3-4,6,8-10,12,15,23H,5,7,11H2,1-2H3,(H,25,27,28)/t15-/m0/s1. The summed E-state index contributed by atoms with van der Waals surface area (Å²) < 4.78 is 7.05. The van der Waals surface area contributed by atoms with Gasteiger partial charge in [-0.15, -0.1) is 11.3 Å². The highest BCUT2D eigenvalue weighted by atomic mass is 32.1. The van der Waals surface area contributed by atoms with Crippen LogP contribution in [0.25, 0.3) is 20.8 Å². The molecule has 8 heteroatoms. The van der Waals surface area contributed by atoms with Gasteiger partial charge in [0, 0.05) is 42.3 Å². The van der Waals surface area contributed by atoms with Crippen LogP contribution in [0.3, 0.4) is 0 Å². The molecule has 0 aliphatic carbocycles. The van der Waals surface area contributed by atoms with E-state index in [2.05, 4.69) is 25.6 Å². The van der Waals surface area contributed by atoms with Gasteiger partial charge in [-0.3, -0.25) is 4.98 Å². The maximum Gasteiger partial charge on any atom is 0.215 e. The van der Waals surface area contributed by atoms with E-state index >= 15 is 0 Å². The fourth-order valence-electron chi connectivity index (χ4n) is 3.52. The number of nitrogens with zero attached hydrogens (tertiary/aromatic N) is 4. The lowest BCUT2D eigenvalue weighted by Crippen LogP contribution is -2.20. The normalized spacial score (nSPS) is 16.1. The van der Waals surface area contributed by atoms with Gasteiger partial charge in [-0.05, 0) is 50.6 Å². The summed E-state index contributed by atoms with van der Waals surface area (Å²) in [7, 11) is 0. The molecule has 152 valence electrons. The fraction of sp³-hybridized carbons (Fsp3) is 0.273. The van der Waals surface area contributed by atoms with E-state index < -0.39 is 0 Å². The van der Waals surface area contributed by atoms with E-state index in [-0.39, 0.29) is 6.10 Å². The molecule has 1 fully saturated rings. The predicted octanol–water partition coefficient (Wildman–Crippen LogP) is 4.25. The van der Waals surface area contributed by atoms with Crippen LogP contribution >= 0.6 is 11.3 Å². The number of nitrogens with one attached hydrogen (secondary N) is 2. The van der Waals surface area contributed by atoms with Crippen molar-refractivity contribution in [3.63, 3.8) is 0 Å². The number of pyridine rings is 3. The number of aromatic nitrogens is 4. The molecule has 1 atom stereocenters. The summed E-state index contributed by atoms with van der Waals surface area (Å²) >= 11 is 1.62. The van der Waals surface area contributed by atoms with E-state index in [1.54, 1.807) is 17.5 Å². The summed E-state index contributed by atoms with van der Waals surface area (Å²) in [5.74, 6) is 2.05. The van der Waals surface area contributed by atoms with Crippen LogP contribution in [0.5, 0.6) is 5.88 Å². The Labute approximate surface area is 178 Å². The van der Waals surface area contributed by atoms with E-state index in [0.29, 0.717) is 17.5 Å². The molecule has 2 N–H and O–H groups in total. The Hall–Kier alpha value is -3.10. The number of ether oxygens (including phenoxy) is 1. The quantitative estimate of drug-likeness (QED) is 0.501. The molecule has 1 aliphatic rings. The molecule has 0 bridgehead atoms. The maximum absolute atomic E-state index is 6.02. The van der Waals surface area contributed by atoms with Crippen molar-refractivity contribution in [3.05, 3.63) is 54.0 Å². The number of rotatable bonds is 5. The molecule has 0 amide bonds. The van der Waals surface area contributed by atoms with Crippen molar-refractivity contribution in [1.29, 1.82) is 0 Å². The Kier molecular flexibility index (Phi) is 5.02. The minimum atomic E-state index is 0.172. The second-order valence-electron chi connectivity index (χ2n) is 7.42.